The summed E-state index contributed by atoms with van der Waals surface area (Å²) in [6.45, 7) is 14.4. The van der Waals surface area contributed by atoms with E-state index in [-0.39, 0.29) is 0 Å². The molecule has 27 heavy (non-hydrogen) atoms. The molecule has 0 bridgehead atoms. The molecule has 1 rings (SSSR count). The minimum Gasteiger partial charge on any atom is -0.293 e. The van der Waals surface area contributed by atoms with Crippen molar-refractivity contribution in [2.75, 3.05) is 6.61 Å². The van der Waals surface area contributed by atoms with Gasteiger partial charge in [0.1, 0.15) is 8.07 Å². The quantitative estimate of drug-likeness (QED) is 0.164. The van der Waals surface area contributed by atoms with Crippen LogP contribution in [0.4, 0.5) is 0 Å². The second-order valence-corrected chi connectivity index (χ2v) is 11.1. The van der Waals surface area contributed by atoms with Crippen LogP contribution in [-0.4, -0.2) is 20.7 Å². The van der Waals surface area contributed by atoms with Gasteiger partial charge in [-0.25, -0.2) is 4.79 Å². The topological polar surface area (TPSA) is 35.5 Å². The highest BCUT2D eigenvalue weighted by atomic mass is 28.3. The Bertz CT molecular complexity index is 557. The summed E-state index contributed by atoms with van der Waals surface area (Å²) in [6.07, 6.45) is 9.28. The first-order chi connectivity index (χ1) is 13.1. The van der Waals surface area contributed by atoms with Gasteiger partial charge in [-0.15, -0.1) is 13.2 Å². The van der Waals surface area contributed by atoms with Crippen LogP contribution in [0.2, 0.25) is 6.04 Å². The summed E-state index contributed by atoms with van der Waals surface area (Å²) in [4.78, 5) is 22.1. The number of hydrogen-bond acceptors (Lipinski definition) is 3. The van der Waals surface area contributed by atoms with E-state index < -0.39 is 14.0 Å². The number of rotatable bonds is 15. The zero-order chi connectivity index (χ0) is 20.0. The molecule has 0 N–H and O–H groups in total. The predicted molar refractivity (Wildman–Crippen MR) is 116 cm³/mol. The summed E-state index contributed by atoms with van der Waals surface area (Å²) in [5.41, 5.74) is 4.55. The SMILES string of the molecule is [CH2]CCCCCCCCCOOC(=O)c1ccc([Si](C=C)(C=C)CC)cc1. The Kier molecular flexibility index (Phi) is 11.7. The largest absolute Gasteiger partial charge is 0.373 e. The standard InChI is InChI=1S/C23H35O3Si/c1-5-9-10-11-12-13-14-15-20-25-26-23(24)21-16-18-22(19-17-21)27(6-2,7-3)8-4/h6-7,16-19H,1-3,5,8-15,20H2,4H3. The van der Waals surface area contributed by atoms with E-state index in [0.717, 1.165) is 25.3 Å². The highest BCUT2D eigenvalue weighted by Gasteiger charge is 2.26. The lowest BCUT2D eigenvalue weighted by atomic mass is 10.1. The Morgan fingerprint density at radius 3 is 2.04 bits per heavy atom. The maximum absolute atomic E-state index is 12.1. The van der Waals surface area contributed by atoms with Crippen LogP contribution in [0.15, 0.2) is 48.8 Å². The summed E-state index contributed by atoms with van der Waals surface area (Å²) < 4.78 is 0. The van der Waals surface area contributed by atoms with E-state index >= 15 is 0 Å². The Labute approximate surface area is 166 Å². The van der Waals surface area contributed by atoms with Crippen molar-refractivity contribution in [1.82, 2.24) is 0 Å². The van der Waals surface area contributed by atoms with E-state index in [1.54, 1.807) is 12.1 Å². The molecule has 1 aromatic carbocycles. The van der Waals surface area contributed by atoms with Crippen LogP contribution >= 0.6 is 0 Å². The van der Waals surface area contributed by atoms with Gasteiger partial charge in [0.05, 0.1) is 12.2 Å². The smallest absolute Gasteiger partial charge is 0.293 e. The van der Waals surface area contributed by atoms with E-state index in [4.69, 9.17) is 9.78 Å². The summed E-state index contributed by atoms with van der Waals surface area (Å²) in [7, 11) is -1.86. The van der Waals surface area contributed by atoms with Crippen molar-refractivity contribution >= 4 is 19.2 Å². The van der Waals surface area contributed by atoms with Crippen molar-refractivity contribution in [3.05, 3.63) is 61.3 Å². The minimum atomic E-state index is -1.86. The Morgan fingerprint density at radius 2 is 1.52 bits per heavy atom. The number of carbonyl (C=O) groups is 1. The predicted octanol–water partition coefficient (Wildman–Crippen LogP) is 5.86. The molecule has 0 aliphatic carbocycles. The molecule has 0 atom stereocenters. The third-order valence-corrected chi connectivity index (χ3v) is 9.12. The molecule has 0 aliphatic heterocycles. The van der Waals surface area contributed by atoms with Gasteiger partial charge in [-0.05, 0) is 24.6 Å². The van der Waals surface area contributed by atoms with Gasteiger partial charge in [0.25, 0.3) is 0 Å². The van der Waals surface area contributed by atoms with Crippen molar-refractivity contribution in [3.8, 4) is 0 Å². The molecule has 0 fully saturated rings. The number of unbranched alkanes of at least 4 members (excludes halogenated alkanes) is 7. The molecular weight excluding hydrogens is 352 g/mol. The zero-order valence-corrected chi connectivity index (χ0v) is 17.9. The molecule has 0 aliphatic rings. The normalized spacial score (nSPS) is 11.2. The monoisotopic (exact) mass is 387 g/mol. The van der Waals surface area contributed by atoms with Crippen LogP contribution in [-0.2, 0) is 9.78 Å². The van der Waals surface area contributed by atoms with Crippen LogP contribution in [0, 0.1) is 6.92 Å². The average Bonchev–Trinajstić information content (AvgIpc) is 2.71. The molecule has 0 saturated carbocycles. The number of hydrogen-bond donors (Lipinski definition) is 0. The van der Waals surface area contributed by atoms with Crippen LogP contribution in [0.25, 0.3) is 0 Å². The van der Waals surface area contributed by atoms with E-state index in [1.807, 2.05) is 23.5 Å². The van der Waals surface area contributed by atoms with E-state index in [2.05, 4.69) is 27.0 Å². The van der Waals surface area contributed by atoms with Crippen LogP contribution in [0.5, 0.6) is 0 Å². The van der Waals surface area contributed by atoms with Gasteiger partial charge in [-0.2, -0.15) is 4.89 Å². The van der Waals surface area contributed by atoms with E-state index in [1.165, 1.54) is 37.3 Å². The van der Waals surface area contributed by atoms with Gasteiger partial charge in [0, 0.05) is 0 Å². The third kappa shape index (κ3) is 7.85. The van der Waals surface area contributed by atoms with Crippen molar-refractivity contribution in [2.24, 2.45) is 0 Å². The molecule has 1 radical (unpaired) electrons. The highest BCUT2D eigenvalue weighted by molar-refractivity contribution is 6.99. The van der Waals surface area contributed by atoms with Crippen LogP contribution in [0.1, 0.15) is 68.6 Å². The summed E-state index contributed by atoms with van der Waals surface area (Å²) >= 11 is 0. The Hall–Kier alpha value is -1.65. The zero-order valence-electron chi connectivity index (χ0n) is 16.9. The molecule has 0 unspecified atom stereocenters. The van der Waals surface area contributed by atoms with Gasteiger partial charge < -0.3 is 0 Å². The molecule has 149 valence electrons. The Morgan fingerprint density at radius 1 is 0.963 bits per heavy atom. The van der Waals surface area contributed by atoms with Crippen molar-refractivity contribution in [2.45, 2.75) is 64.3 Å². The fourth-order valence-electron chi connectivity index (χ4n) is 3.09. The highest BCUT2D eigenvalue weighted by Crippen LogP contribution is 2.14. The van der Waals surface area contributed by atoms with E-state index in [9.17, 15) is 4.79 Å². The fourth-order valence-corrected chi connectivity index (χ4v) is 5.50. The number of carbonyl (C=O) groups excluding carboxylic acids is 1. The lowest BCUT2D eigenvalue weighted by Crippen LogP contribution is -2.43. The average molecular weight is 388 g/mol. The van der Waals surface area contributed by atoms with Gasteiger partial charge in [-0.3, -0.25) is 4.89 Å². The first-order valence-corrected chi connectivity index (χ1v) is 12.5. The molecule has 0 heterocycles. The van der Waals surface area contributed by atoms with Gasteiger partial charge in [0.2, 0.25) is 0 Å². The maximum atomic E-state index is 12.1. The molecule has 0 amide bonds. The number of benzene rings is 1. The van der Waals surface area contributed by atoms with Gasteiger partial charge >= 0.3 is 5.97 Å². The molecule has 1 aromatic rings. The summed E-state index contributed by atoms with van der Waals surface area (Å²) in [5, 5.41) is 1.20. The van der Waals surface area contributed by atoms with Crippen LogP contribution < -0.4 is 5.19 Å². The molecule has 4 heteroatoms. The summed E-state index contributed by atoms with van der Waals surface area (Å²) in [6, 6.07) is 8.53. The molecule has 3 nitrogen and oxygen atoms in total. The van der Waals surface area contributed by atoms with E-state index in [0.29, 0.717) is 12.2 Å². The minimum absolute atomic E-state index is 0.446. The van der Waals surface area contributed by atoms with Gasteiger partial charge in [-0.1, -0.05) is 87.5 Å². The lowest BCUT2D eigenvalue weighted by molar-refractivity contribution is -0.241. The lowest BCUT2D eigenvalue weighted by Gasteiger charge is -2.23. The first-order valence-electron chi connectivity index (χ1n) is 10.1. The third-order valence-electron chi connectivity index (χ3n) is 5.08. The van der Waals surface area contributed by atoms with Gasteiger partial charge in [0.15, 0.2) is 0 Å². The Balaban J connectivity index is 2.29. The fraction of sp³-hybridized carbons (Fsp3) is 0.478. The second-order valence-electron chi connectivity index (χ2n) is 6.90. The molecule has 0 aromatic heterocycles. The van der Waals surface area contributed by atoms with Crippen molar-refractivity contribution in [1.29, 1.82) is 0 Å². The van der Waals surface area contributed by atoms with Crippen LogP contribution in [0.3, 0.4) is 0 Å². The summed E-state index contributed by atoms with van der Waals surface area (Å²) in [5.74, 6) is -0.448. The van der Waals surface area contributed by atoms with Crippen molar-refractivity contribution in [3.63, 3.8) is 0 Å². The molecular formula is C23H35O3Si. The molecule has 0 saturated heterocycles. The first kappa shape index (κ1) is 23.4. The van der Waals surface area contributed by atoms with Crippen molar-refractivity contribution < 1.29 is 14.6 Å². The maximum Gasteiger partial charge on any atom is 0.373 e. The molecule has 0 spiro atoms. The second kappa shape index (κ2) is 13.5.